The molecule has 1 aromatic carbocycles. The topological polar surface area (TPSA) is 128 Å². The van der Waals surface area contributed by atoms with E-state index < -0.39 is 11.0 Å². The van der Waals surface area contributed by atoms with Crippen LogP contribution in [0.2, 0.25) is 0 Å². The Kier molecular flexibility index (Phi) is 3.83. The summed E-state index contributed by atoms with van der Waals surface area (Å²) in [6.07, 6.45) is -0.688. The monoisotopic (exact) mass is 264 g/mol. The molecule has 100 valence electrons. The number of nitrogens with zero attached hydrogens (tertiary/aromatic N) is 3. The van der Waals surface area contributed by atoms with Crippen LogP contribution in [0.4, 0.5) is 5.69 Å². The first-order chi connectivity index (χ1) is 9.13. The number of hydrogen-bond acceptors (Lipinski definition) is 7. The fourth-order valence-electron chi connectivity index (χ4n) is 1.58. The van der Waals surface area contributed by atoms with Gasteiger partial charge in [0.25, 0.3) is 11.6 Å². The molecular formula is C11H12N4O4. The lowest BCUT2D eigenvalue weighted by Gasteiger charge is -2.01. The first-order valence-electron chi connectivity index (χ1n) is 5.59. The average Bonchev–Trinajstić information content (AvgIpc) is 2.88. The fraction of sp³-hybridized carbons (Fsp3) is 0.273. The highest BCUT2D eigenvalue weighted by Gasteiger charge is 2.21. The molecule has 2 aromatic rings. The molecule has 8 nitrogen and oxygen atoms in total. The number of aromatic nitrogens is 2. The van der Waals surface area contributed by atoms with Gasteiger partial charge in [0, 0.05) is 6.07 Å². The Labute approximate surface area is 108 Å². The van der Waals surface area contributed by atoms with Crippen molar-refractivity contribution in [3.63, 3.8) is 0 Å². The summed E-state index contributed by atoms with van der Waals surface area (Å²) in [5.74, 6) is 0.0666. The highest BCUT2D eigenvalue weighted by atomic mass is 16.6. The Balaban J connectivity index is 2.35. The third kappa shape index (κ3) is 2.75. The highest BCUT2D eigenvalue weighted by molar-refractivity contribution is 5.67. The Morgan fingerprint density at radius 3 is 2.89 bits per heavy atom. The van der Waals surface area contributed by atoms with Crippen molar-refractivity contribution in [1.82, 2.24) is 10.1 Å². The van der Waals surface area contributed by atoms with E-state index >= 15 is 0 Å². The van der Waals surface area contributed by atoms with Crippen molar-refractivity contribution in [1.29, 1.82) is 0 Å². The van der Waals surface area contributed by atoms with E-state index in [0.717, 1.165) is 0 Å². The summed E-state index contributed by atoms with van der Waals surface area (Å²) in [7, 11) is 0. The molecule has 0 aliphatic carbocycles. The Morgan fingerprint density at radius 1 is 1.47 bits per heavy atom. The van der Waals surface area contributed by atoms with Crippen LogP contribution in [0.5, 0.6) is 0 Å². The minimum absolute atomic E-state index is 0.00130. The Bertz CT molecular complexity index is 584. The van der Waals surface area contributed by atoms with Crippen LogP contribution >= 0.6 is 0 Å². The van der Waals surface area contributed by atoms with Gasteiger partial charge >= 0.3 is 0 Å². The third-order valence-corrected chi connectivity index (χ3v) is 2.51. The summed E-state index contributed by atoms with van der Waals surface area (Å²) >= 11 is 0. The maximum Gasteiger partial charge on any atom is 0.280 e. The van der Waals surface area contributed by atoms with Gasteiger partial charge in [0.2, 0.25) is 5.82 Å². The van der Waals surface area contributed by atoms with Crippen LogP contribution in [-0.2, 0) is 0 Å². The van der Waals surface area contributed by atoms with Crippen LogP contribution in [0.25, 0.3) is 11.4 Å². The second-order valence-corrected chi connectivity index (χ2v) is 3.82. The van der Waals surface area contributed by atoms with E-state index in [1.54, 1.807) is 12.1 Å². The van der Waals surface area contributed by atoms with Gasteiger partial charge in [0.15, 0.2) is 0 Å². The van der Waals surface area contributed by atoms with Crippen LogP contribution in [0.3, 0.4) is 0 Å². The molecule has 0 saturated carbocycles. The van der Waals surface area contributed by atoms with Crippen LogP contribution in [0.1, 0.15) is 18.4 Å². The van der Waals surface area contributed by atoms with Gasteiger partial charge in [-0.1, -0.05) is 17.3 Å². The van der Waals surface area contributed by atoms with Crippen molar-refractivity contribution in [2.75, 3.05) is 6.54 Å². The second-order valence-electron chi connectivity index (χ2n) is 3.82. The Morgan fingerprint density at radius 2 is 2.21 bits per heavy atom. The average molecular weight is 264 g/mol. The number of nitrogens with two attached hydrogens (primary N) is 1. The number of aliphatic hydroxyl groups is 1. The van der Waals surface area contributed by atoms with Crippen LogP contribution in [-0.4, -0.2) is 26.7 Å². The lowest BCUT2D eigenvalue weighted by atomic mass is 10.1. The van der Waals surface area contributed by atoms with Crippen molar-refractivity contribution in [3.8, 4) is 11.4 Å². The zero-order chi connectivity index (χ0) is 13.8. The van der Waals surface area contributed by atoms with E-state index in [9.17, 15) is 15.2 Å². The van der Waals surface area contributed by atoms with E-state index in [-0.39, 0.29) is 35.9 Å². The molecule has 0 saturated heterocycles. The maximum absolute atomic E-state index is 10.9. The van der Waals surface area contributed by atoms with E-state index in [0.29, 0.717) is 0 Å². The van der Waals surface area contributed by atoms with Gasteiger partial charge in [0.1, 0.15) is 11.7 Å². The predicted octanol–water partition coefficient (Wildman–Crippen LogP) is 1.03. The van der Waals surface area contributed by atoms with Gasteiger partial charge in [-0.25, -0.2) is 0 Å². The summed E-state index contributed by atoms with van der Waals surface area (Å²) in [6.45, 7) is 0.268. The molecule has 3 N–H and O–H groups in total. The maximum atomic E-state index is 10.9. The number of benzene rings is 1. The molecule has 1 aromatic heterocycles. The molecule has 0 spiro atoms. The molecule has 0 amide bonds. The van der Waals surface area contributed by atoms with E-state index in [2.05, 4.69) is 10.1 Å². The summed E-state index contributed by atoms with van der Waals surface area (Å²) in [4.78, 5) is 14.3. The van der Waals surface area contributed by atoms with Crippen molar-refractivity contribution < 1.29 is 14.6 Å². The molecule has 0 radical (unpaired) electrons. The molecule has 0 aliphatic heterocycles. The van der Waals surface area contributed by atoms with Crippen molar-refractivity contribution >= 4 is 5.69 Å². The SMILES string of the molecule is NCC[C@H](O)c1nc(-c2ccccc2[N+](=O)[O-])no1. The molecule has 2 rings (SSSR count). The van der Waals surface area contributed by atoms with E-state index in [1.165, 1.54) is 12.1 Å². The predicted molar refractivity (Wildman–Crippen MR) is 65.0 cm³/mol. The summed E-state index contributed by atoms with van der Waals surface area (Å²) in [6, 6.07) is 6.05. The summed E-state index contributed by atoms with van der Waals surface area (Å²) in [5.41, 5.74) is 5.43. The van der Waals surface area contributed by atoms with Crippen molar-refractivity contribution in [2.45, 2.75) is 12.5 Å². The van der Waals surface area contributed by atoms with Gasteiger partial charge in [-0.3, -0.25) is 10.1 Å². The number of nitro groups is 1. The lowest BCUT2D eigenvalue weighted by molar-refractivity contribution is -0.384. The van der Waals surface area contributed by atoms with Crippen LogP contribution < -0.4 is 5.73 Å². The second kappa shape index (κ2) is 5.55. The molecule has 0 aliphatic rings. The zero-order valence-corrected chi connectivity index (χ0v) is 9.89. The molecule has 19 heavy (non-hydrogen) atoms. The standard InChI is InChI=1S/C11H12N4O4/c12-6-5-9(16)11-13-10(14-19-11)7-3-1-2-4-8(7)15(17)18/h1-4,9,16H,5-6,12H2/t9-/m0/s1. The normalized spacial score (nSPS) is 12.3. The minimum Gasteiger partial charge on any atom is -0.383 e. The van der Waals surface area contributed by atoms with Crippen molar-refractivity contribution in [2.24, 2.45) is 5.73 Å². The molecule has 0 bridgehead atoms. The third-order valence-electron chi connectivity index (χ3n) is 2.51. The highest BCUT2D eigenvalue weighted by Crippen LogP contribution is 2.28. The first kappa shape index (κ1) is 13.1. The number of aliphatic hydroxyl groups excluding tert-OH is 1. The number of para-hydroxylation sites is 1. The first-order valence-corrected chi connectivity index (χ1v) is 5.59. The largest absolute Gasteiger partial charge is 0.383 e. The van der Waals surface area contributed by atoms with Gasteiger partial charge in [-0.05, 0) is 19.0 Å². The van der Waals surface area contributed by atoms with E-state index in [4.69, 9.17) is 10.3 Å². The van der Waals surface area contributed by atoms with Gasteiger partial charge in [-0.15, -0.1) is 0 Å². The van der Waals surface area contributed by atoms with Gasteiger partial charge < -0.3 is 15.4 Å². The quantitative estimate of drug-likeness (QED) is 0.609. The molecule has 1 atom stereocenters. The Hall–Kier alpha value is -2.32. The smallest absolute Gasteiger partial charge is 0.280 e. The molecular weight excluding hydrogens is 252 g/mol. The minimum atomic E-state index is -0.964. The molecule has 0 unspecified atom stereocenters. The van der Waals surface area contributed by atoms with E-state index in [1.807, 2.05) is 0 Å². The fourth-order valence-corrected chi connectivity index (χ4v) is 1.58. The van der Waals surface area contributed by atoms with Gasteiger partial charge in [0.05, 0.1) is 4.92 Å². The molecule has 0 fully saturated rings. The number of rotatable bonds is 5. The zero-order valence-electron chi connectivity index (χ0n) is 9.89. The number of hydrogen-bond donors (Lipinski definition) is 2. The molecule has 8 heteroatoms. The van der Waals surface area contributed by atoms with Crippen LogP contribution in [0.15, 0.2) is 28.8 Å². The number of nitro benzene ring substituents is 1. The summed E-state index contributed by atoms with van der Waals surface area (Å²) < 4.78 is 4.88. The van der Waals surface area contributed by atoms with Crippen LogP contribution in [0, 0.1) is 10.1 Å². The summed E-state index contributed by atoms with van der Waals surface area (Å²) in [5, 5.41) is 24.2. The van der Waals surface area contributed by atoms with Crippen molar-refractivity contribution in [3.05, 3.63) is 40.3 Å². The lowest BCUT2D eigenvalue weighted by Crippen LogP contribution is -2.06. The molecule has 1 heterocycles. The van der Waals surface area contributed by atoms with Gasteiger partial charge in [-0.2, -0.15) is 4.98 Å².